The van der Waals surface area contributed by atoms with Crippen LogP contribution in [0, 0.1) is 0 Å². The molecule has 0 spiro atoms. The van der Waals surface area contributed by atoms with Crippen LogP contribution in [-0.4, -0.2) is 78.5 Å². The average molecular weight is 669 g/mol. The Morgan fingerprint density at radius 3 is 2.52 bits per heavy atom. The highest BCUT2D eigenvalue weighted by Gasteiger charge is 2.21. The minimum absolute atomic E-state index is 0.0238. The second-order valence-corrected chi connectivity index (χ2v) is 11.3. The number of carbonyl (C=O) groups is 3. The molecular weight excluding hydrogens is 633 g/mol. The van der Waals surface area contributed by atoms with Crippen LogP contribution >= 0.6 is 23.2 Å². The largest absolute Gasteiger partial charge is 0.487 e. The number of anilines is 2. The first kappa shape index (κ1) is 34.2. The van der Waals surface area contributed by atoms with Gasteiger partial charge in [-0.3, -0.25) is 19.0 Å². The third kappa shape index (κ3) is 8.53. The molecule has 0 radical (unpaired) electrons. The number of hydrogen-bond acceptors (Lipinski definition) is 8. The van der Waals surface area contributed by atoms with E-state index in [9.17, 15) is 14.4 Å². The van der Waals surface area contributed by atoms with Crippen LogP contribution in [0.3, 0.4) is 0 Å². The molecule has 2 N–H and O–H groups in total. The van der Waals surface area contributed by atoms with Gasteiger partial charge in [-0.2, -0.15) is 4.98 Å². The smallest absolute Gasteiger partial charge is 0.297 e. The van der Waals surface area contributed by atoms with Gasteiger partial charge < -0.3 is 29.9 Å². The number of pyridine rings is 1. The van der Waals surface area contributed by atoms with E-state index in [-0.39, 0.29) is 24.1 Å². The van der Waals surface area contributed by atoms with Gasteiger partial charge in [0.25, 0.3) is 6.01 Å². The van der Waals surface area contributed by atoms with E-state index < -0.39 is 11.8 Å². The average Bonchev–Trinajstić information content (AvgIpc) is 3.40. The predicted molar refractivity (Wildman–Crippen MR) is 180 cm³/mol. The summed E-state index contributed by atoms with van der Waals surface area (Å²) in [6.45, 7) is 2.53. The van der Waals surface area contributed by atoms with Crippen LogP contribution in [0.5, 0.6) is 11.8 Å². The fraction of sp³-hybridized carbons (Fsp3) is 0.281. The monoisotopic (exact) mass is 667 g/mol. The highest BCUT2D eigenvalue weighted by Crippen LogP contribution is 2.36. The number of nitrogens with zero attached hydrogens (tertiary/aromatic N) is 5. The van der Waals surface area contributed by atoms with Crippen LogP contribution in [0.1, 0.15) is 18.1 Å². The molecule has 0 atom stereocenters. The van der Waals surface area contributed by atoms with Crippen molar-refractivity contribution in [2.45, 2.75) is 20.1 Å². The lowest BCUT2D eigenvalue weighted by Gasteiger charge is -2.21. The van der Waals surface area contributed by atoms with Gasteiger partial charge in [0.2, 0.25) is 17.7 Å². The summed E-state index contributed by atoms with van der Waals surface area (Å²) < 4.78 is 13.7. The molecule has 0 unspecified atom stereocenters. The van der Waals surface area contributed by atoms with Crippen molar-refractivity contribution < 1.29 is 23.9 Å². The Kier molecular flexibility index (Phi) is 11.6. The molecule has 242 valence electrons. The summed E-state index contributed by atoms with van der Waals surface area (Å²) in [4.78, 5) is 48.6. The summed E-state index contributed by atoms with van der Waals surface area (Å²) in [5.41, 5.74) is 3.04. The number of aromatic nitrogens is 3. The first-order chi connectivity index (χ1) is 22.0. The molecule has 0 saturated heterocycles. The van der Waals surface area contributed by atoms with Gasteiger partial charge in [-0.25, -0.2) is 4.98 Å². The number of likely N-dealkylation sites (N-methyl/N-ethyl adjacent to an activating group) is 2. The number of halogens is 2. The van der Waals surface area contributed by atoms with Crippen LogP contribution in [0.2, 0.25) is 10.0 Å². The molecule has 0 aliphatic rings. The van der Waals surface area contributed by atoms with Crippen LogP contribution in [0.4, 0.5) is 11.5 Å². The van der Waals surface area contributed by atoms with E-state index in [0.717, 1.165) is 17.6 Å². The van der Waals surface area contributed by atoms with E-state index in [4.69, 9.17) is 32.7 Å². The van der Waals surface area contributed by atoms with Crippen molar-refractivity contribution in [2.24, 2.45) is 0 Å². The number of hydrogen-bond donors (Lipinski definition) is 2. The molecular formula is C32H35Cl2N7O5. The second-order valence-electron chi connectivity index (χ2n) is 10.5. The maximum absolute atomic E-state index is 13.0. The lowest BCUT2D eigenvalue weighted by molar-refractivity contribution is -0.122. The van der Waals surface area contributed by atoms with Crippen molar-refractivity contribution in [3.8, 4) is 11.8 Å². The number of imidazole rings is 1. The molecule has 0 aliphatic carbocycles. The Morgan fingerprint density at radius 1 is 1.07 bits per heavy atom. The molecule has 2 heterocycles. The number of ether oxygens (including phenoxy) is 2. The summed E-state index contributed by atoms with van der Waals surface area (Å²) in [6, 6.07) is 12.6. The van der Waals surface area contributed by atoms with Gasteiger partial charge >= 0.3 is 0 Å². The zero-order chi connectivity index (χ0) is 33.4. The zero-order valence-corrected chi connectivity index (χ0v) is 27.6. The van der Waals surface area contributed by atoms with Gasteiger partial charge in [0.1, 0.15) is 23.7 Å². The molecule has 2 aromatic carbocycles. The molecule has 0 bridgehead atoms. The Balaban J connectivity index is 1.43. The quantitative estimate of drug-likeness (QED) is 0.197. The summed E-state index contributed by atoms with van der Waals surface area (Å²) in [5.74, 6) is -0.131. The number of nitrogens with one attached hydrogen (secondary N) is 2. The van der Waals surface area contributed by atoms with Gasteiger partial charge in [0.05, 0.1) is 29.9 Å². The van der Waals surface area contributed by atoms with Crippen molar-refractivity contribution in [3.63, 3.8) is 0 Å². The van der Waals surface area contributed by atoms with E-state index in [1.807, 2.05) is 36.9 Å². The van der Waals surface area contributed by atoms with Crippen LogP contribution in [0.25, 0.3) is 17.1 Å². The first-order valence-corrected chi connectivity index (χ1v) is 15.0. The minimum atomic E-state index is -0.473. The molecule has 2 aromatic heterocycles. The molecule has 0 fully saturated rings. The number of benzene rings is 2. The molecule has 0 saturated carbocycles. The second kappa shape index (κ2) is 15.6. The lowest BCUT2D eigenvalue weighted by Crippen LogP contribution is -2.37. The number of rotatable bonds is 13. The number of para-hydroxylation sites is 1. The van der Waals surface area contributed by atoms with Crippen LogP contribution in [-0.2, 0) is 27.5 Å². The van der Waals surface area contributed by atoms with Crippen LogP contribution in [0.15, 0.2) is 54.7 Å². The van der Waals surface area contributed by atoms with Gasteiger partial charge in [-0.15, -0.1) is 0 Å². The van der Waals surface area contributed by atoms with E-state index >= 15 is 0 Å². The molecule has 3 amide bonds. The lowest BCUT2D eigenvalue weighted by atomic mass is 10.2. The molecule has 4 rings (SSSR count). The summed E-state index contributed by atoms with van der Waals surface area (Å²) >= 11 is 13.3. The molecule has 46 heavy (non-hydrogen) atoms. The number of carbonyl (C=O) groups excluding carboxylic acids is 3. The standard InChI is InChI=1S/C32H35Cl2N7O5/c1-20(42)37-27-13-9-21(17-35-27)10-14-28(43)36-18-29(44)40(4)25-12-11-23(33)22(30(25)34)19-46-26-8-6-7-24-31(26)41(16-15-39(2)3)32(38-24)45-5/h6-14,17H,15-16,18-19H2,1-5H3,(H,36,43)(H,35,37,42). The summed E-state index contributed by atoms with van der Waals surface area (Å²) in [7, 11) is 7.11. The van der Waals surface area contributed by atoms with Gasteiger partial charge in [0.15, 0.2) is 0 Å². The van der Waals surface area contributed by atoms with E-state index in [2.05, 4.69) is 25.5 Å². The maximum Gasteiger partial charge on any atom is 0.297 e. The molecule has 4 aromatic rings. The first-order valence-electron chi connectivity index (χ1n) is 14.2. The molecule has 14 heteroatoms. The third-order valence-electron chi connectivity index (χ3n) is 6.85. The number of methoxy groups -OCH3 is 1. The van der Waals surface area contributed by atoms with Crippen molar-refractivity contribution in [2.75, 3.05) is 51.6 Å². The normalized spacial score (nSPS) is 11.2. The fourth-order valence-corrected chi connectivity index (χ4v) is 5.05. The van der Waals surface area contributed by atoms with E-state index in [1.165, 1.54) is 24.1 Å². The van der Waals surface area contributed by atoms with Crippen molar-refractivity contribution in [1.29, 1.82) is 0 Å². The third-order valence-corrected chi connectivity index (χ3v) is 7.63. The van der Waals surface area contributed by atoms with E-state index in [1.54, 1.807) is 44.5 Å². The maximum atomic E-state index is 13.0. The Bertz CT molecular complexity index is 1760. The predicted octanol–water partition coefficient (Wildman–Crippen LogP) is 4.64. The number of amides is 3. The molecule has 12 nitrogen and oxygen atoms in total. The number of fused-ring (bicyclic) bond motifs is 1. The van der Waals surface area contributed by atoms with Crippen molar-refractivity contribution >= 4 is 69.5 Å². The van der Waals surface area contributed by atoms with Crippen molar-refractivity contribution in [3.05, 3.63) is 75.9 Å². The Morgan fingerprint density at radius 2 is 1.85 bits per heavy atom. The van der Waals surface area contributed by atoms with Crippen molar-refractivity contribution in [1.82, 2.24) is 24.8 Å². The fourth-order valence-electron chi connectivity index (χ4n) is 4.44. The SMILES string of the molecule is COc1nc2cccc(OCc3c(Cl)ccc(N(C)C(=O)CNC(=O)C=Cc4ccc(NC(C)=O)nc4)c3Cl)c2n1CCN(C)C. The van der Waals surface area contributed by atoms with E-state index in [0.29, 0.717) is 46.0 Å². The Labute approximate surface area is 276 Å². The van der Waals surface area contributed by atoms with Gasteiger partial charge in [-0.05, 0) is 62.1 Å². The van der Waals surface area contributed by atoms with Gasteiger partial charge in [-0.1, -0.05) is 29.3 Å². The highest BCUT2D eigenvalue weighted by atomic mass is 35.5. The van der Waals surface area contributed by atoms with Gasteiger partial charge in [0, 0.05) is 49.9 Å². The van der Waals surface area contributed by atoms with Crippen LogP contribution < -0.4 is 25.0 Å². The highest BCUT2D eigenvalue weighted by molar-refractivity contribution is 6.38. The minimum Gasteiger partial charge on any atom is -0.487 e. The Hall–Kier alpha value is -4.65. The molecule has 0 aliphatic heterocycles. The summed E-state index contributed by atoms with van der Waals surface area (Å²) in [6.07, 6.45) is 4.34. The topological polar surface area (TPSA) is 131 Å². The zero-order valence-electron chi connectivity index (χ0n) is 26.1. The summed E-state index contributed by atoms with van der Waals surface area (Å²) in [5, 5.41) is 5.76.